The number of benzene rings is 3. The van der Waals surface area contributed by atoms with Crippen LogP contribution in [0, 0.1) is 0 Å². The Morgan fingerprint density at radius 3 is 2.21 bits per heavy atom. The summed E-state index contributed by atoms with van der Waals surface area (Å²) in [6.45, 7) is 0.255. The quantitative estimate of drug-likeness (QED) is 0.242. The van der Waals surface area contributed by atoms with Gasteiger partial charge in [0, 0.05) is 42.0 Å². The average Bonchev–Trinajstić information content (AvgIpc) is 3.47. The van der Waals surface area contributed by atoms with Crippen molar-refractivity contribution in [2.45, 2.75) is 63.6 Å². The van der Waals surface area contributed by atoms with E-state index in [2.05, 4.69) is 5.32 Å². The maximum Gasteiger partial charge on any atom is 0.243 e. The number of amides is 2. The molecule has 10 heteroatoms. The number of hydrogen-bond acceptors (Lipinski definition) is 4. The zero-order valence-electron chi connectivity index (χ0n) is 23.7. The number of halogens is 2. The molecule has 0 saturated heterocycles. The van der Waals surface area contributed by atoms with Gasteiger partial charge in [0.1, 0.15) is 6.04 Å². The fourth-order valence-corrected chi connectivity index (χ4v) is 6.63. The van der Waals surface area contributed by atoms with Gasteiger partial charge in [0.05, 0.1) is 11.9 Å². The summed E-state index contributed by atoms with van der Waals surface area (Å²) < 4.78 is 26.5. The van der Waals surface area contributed by atoms with Gasteiger partial charge in [-0.25, -0.2) is 8.42 Å². The lowest BCUT2D eigenvalue weighted by atomic mass is 10.0. The zero-order chi connectivity index (χ0) is 30.1. The first-order chi connectivity index (χ1) is 20.1. The third-order valence-electron chi connectivity index (χ3n) is 7.54. The Balaban J connectivity index is 1.59. The highest BCUT2D eigenvalue weighted by Gasteiger charge is 2.32. The maximum atomic E-state index is 14.0. The summed E-state index contributed by atoms with van der Waals surface area (Å²) >= 11 is 12.5. The van der Waals surface area contributed by atoms with Gasteiger partial charge >= 0.3 is 0 Å². The van der Waals surface area contributed by atoms with E-state index in [1.807, 2.05) is 48.5 Å². The molecule has 1 fully saturated rings. The molecule has 42 heavy (non-hydrogen) atoms. The highest BCUT2D eigenvalue weighted by Crippen LogP contribution is 2.24. The Kier molecular flexibility index (Phi) is 11.3. The van der Waals surface area contributed by atoms with Crippen LogP contribution in [0.15, 0.2) is 78.9 Å². The lowest BCUT2D eigenvalue weighted by molar-refractivity contribution is -0.141. The molecule has 224 valence electrons. The van der Waals surface area contributed by atoms with Crippen molar-refractivity contribution in [3.63, 3.8) is 0 Å². The molecule has 0 heterocycles. The van der Waals surface area contributed by atoms with E-state index in [-0.39, 0.29) is 43.8 Å². The minimum absolute atomic E-state index is 0.0477. The van der Waals surface area contributed by atoms with Gasteiger partial charge in [-0.15, -0.1) is 0 Å². The topological polar surface area (TPSA) is 86.8 Å². The molecule has 0 bridgehead atoms. The van der Waals surface area contributed by atoms with Crippen LogP contribution in [0.5, 0.6) is 0 Å². The average molecular weight is 631 g/mol. The van der Waals surface area contributed by atoms with E-state index in [0.717, 1.165) is 43.1 Å². The predicted molar refractivity (Wildman–Crippen MR) is 169 cm³/mol. The SMILES string of the molecule is CS(=O)(=O)N(CCCC(=O)N(Cc1ccccc1Cl)[C@@H](Cc1ccccc1)C(=O)NC1CCCC1)c1ccc(Cl)cc1. The van der Waals surface area contributed by atoms with Gasteiger partial charge in [-0.2, -0.15) is 0 Å². The van der Waals surface area contributed by atoms with Crippen LogP contribution in [0.4, 0.5) is 5.69 Å². The summed E-state index contributed by atoms with van der Waals surface area (Å²) in [6, 6.07) is 22.8. The van der Waals surface area contributed by atoms with Crippen molar-refractivity contribution in [3.8, 4) is 0 Å². The molecule has 2 amide bonds. The van der Waals surface area contributed by atoms with Crippen LogP contribution >= 0.6 is 23.2 Å². The van der Waals surface area contributed by atoms with Crippen molar-refractivity contribution in [2.75, 3.05) is 17.1 Å². The van der Waals surface area contributed by atoms with E-state index in [1.54, 1.807) is 35.2 Å². The molecule has 1 aliphatic rings. The lowest BCUT2D eigenvalue weighted by Crippen LogP contribution is -2.52. The predicted octanol–water partition coefficient (Wildman–Crippen LogP) is 6.24. The van der Waals surface area contributed by atoms with Gasteiger partial charge < -0.3 is 10.2 Å². The highest BCUT2D eigenvalue weighted by molar-refractivity contribution is 7.92. The van der Waals surface area contributed by atoms with Gasteiger partial charge in [0.25, 0.3) is 0 Å². The Bertz CT molecular complexity index is 1450. The van der Waals surface area contributed by atoms with E-state index in [9.17, 15) is 18.0 Å². The van der Waals surface area contributed by atoms with E-state index < -0.39 is 16.1 Å². The number of hydrogen-bond donors (Lipinski definition) is 1. The molecule has 3 aromatic carbocycles. The molecular weight excluding hydrogens is 593 g/mol. The van der Waals surface area contributed by atoms with Crippen LogP contribution in [-0.2, 0) is 32.6 Å². The fraction of sp³-hybridized carbons (Fsp3) is 0.375. The van der Waals surface area contributed by atoms with Crippen LogP contribution in [0.1, 0.15) is 49.7 Å². The summed E-state index contributed by atoms with van der Waals surface area (Å²) in [6.07, 6.45) is 5.78. The molecule has 3 aromatic rings. The molecule has 1 aliphatic carbocycles. The second-order valence-corrected chi connectivity index (χ2v) is 13.5. The van der Waals surface area contributed by atoms with Gasteiger partial charge in [-0.1, -0.05) is 84.6 Å². The first-order valence-corrected chi connectivity index (χ1v) is 16.8. The standard InChI is InChI=1S/C32H37Cl2N3O4S/c1-42(40,41)37(28-19-17-26(33)18-20-28)21-9-16-31(38)36(23-25-12-5-8-15-29(25)34)30(22-24-10-3-2-4-11-24)32(39)35-27-13-6-7-14-27/h2-5,8,10-12,15,17-20,27,30H,6-7,9,13-14,16,21-23H2,1H3,(H,35,39)/t30-/m0/s1. The second kappa shape index (κ2) is 14.9. The summed E-state index contributed by atoms with van der Waals surface area (Å²) in [7, 11) is -3.60. The third-order valence-corrected chi connectivity index (χ3v) is 9.35. The zero-order valence-corrected chi connectivity index (χ0v) is 26.0. The van der Waals surface area contributed by atoms with Crippen LogP contribution in [0.25, 0.3) is 0 Å². The van der Waals surface area contributed by atoms with E-state index in [1.165, 1.54) is 4.31 Å². The Labute approximate surface area is 258 Å². The Hall–Kier alpha value is -3.07. The largest absolute Gasteiger partial charge is 0.352 e. The van der Waals surface area contributed by atoms with Crippen molar-refractivity contribution < 1.29 is 18.0 Å². The minimum atomic E-state index is -3.60. The number of anilines is 1. The molecule has 4 rings (SSSR count). The molecule has 0 spiro atoms. The van der Waals surface area contributed by atoms with Gasteiger partial charge in [0.15, 0.2) is 0 Å². The Morgan fingerprint density at radius 1 is 0.929 bits per heavy atom. The van der Waals surface area contributed by atoms with Crippen LogP contribution < -0.4 is 9.62 Å². The van der Waals surface area contributed by atoms with Crippen LogP contribution in [0.3, 0.4) is 0 Å². The van der Waals surface area contributed by atoms with E-state index in [4.69, 9.17) is 23.2 Å². The van der Waals surface area contributed by atoms with Crippen LogP contribution in [0.2, 0.25) is 10.0 Å². The molecule has 1 atom stereocenters. The van der Waals surface area contributed by atoms with Gasteiger partial charge in [0.2, 0.25) is 21.8 Å². The summed E-state index contributed by atoms with van der Waals surface area (Å²) in [5.74, 6) is -0.438. The minimum Gasteiger partial charge on any atom is -0.352 e. The van der Waals surface area contributed by atoms with E-state index in [0.29, 0.717) is 22.2 Å². The normalized spacial score (nSPS) is 14.4. The summed E-state index contributed by atoms with van der Waals surface area (Å²) in [5.41, 5.74) is 2.14. The maximum absolute atomic E-state index is 14.0. The molecule has 0 aliphatic heterocycles. The summed E-state index contributed by atoms with van der Waals surface area (Å²) in [4.78, 5) is 29.4. The van der Waals surface area contributed by atoms with E-state index >= 15 is 0 Å². The highest BCUT2D eigenvalue weighted by atomic mass is 35.5. The fourth-order valence-electron chi connectivity index (χ4n) is 5.34. The monoisotopic (exact) mass is 629 g/mol. The number of carbonyl (C=O) groups excluding carboxylic acids is 2. The number of rotatable bonds is 13. The molecule has 0 unspecified atom stereocenters. The van der Waals surface area contributed by atoms with Gasteiger partial charge in [-0.3, -0.25) is 13.9 Å². The molecule has 1 N–H and O–H groups in total. The molecule has 0 radical (unpaired) electrons. The van der Waals surface area contributed by atoms with Crippen molar-refractivity contribution >= 4 is 50.7 Å². The smallest absolute Gasteiger partial charge is 0.243 e. The number of sulfonamides is 1. The summed E-state index contributed by atoms with van der Waals surface area (Å²) in [5, 5.41) is 4.20. The molecule has 7 nitrogen and oxygen atoms in total. The van der Waals surface area contributed by atoms with Gasteiger partial charge in [-0.05, 0) is 60.7 Å². The first kappa shape index (κ1) is 31.9. The second-order valence-electron chi connectivity index (χ2n) is 10.7. The molecule has 1 saturated carbocycles. The lowest BCUT2D eigenvalue weighted by Gasteiger charge is -2.33. The molecular formula is C32H37Cl2N3O4S. The first-order valence-electron chi connectivity index (χ1n) is 14.2. The molecule has 0 aromatic heterocycles. The van der Waals surface area contributed by atoms with Crippen molar-refractivity contribution in [3.05, 3.63) is 100 Å². The Morgan fingerprint density at radius 2 is 1.57 bits per heavy atom. The number of nitrogens with zero attached hydrogens (tertiary/aromatic N) is 2. The number of carbonyl (C=O) groups is 2. The number of nitrogens with one attached hydrogen (secondary N) is 1. The van der Waals surface area contributed by atoms with Crippen molar-refractivity contribution in [1.29, 1.82) is 0 Å². The van der Waals surface area contributed by atoms with Crippen LogP contribution in [-0.4, -0.2) is 50.0 Å². The third kappa shape index (κ3) is 8.96. The van der Waals surface area contributed by atoms with Crippen molar-refractivity contribution in [1.82, 2.24) is 10.2 Å². The van der Waals surface area contributed by atoms with Crippen molar-refractivity contribution in [2.24, 2.45) is 0 Å².